The van der Waals surface area contributed by atoms with Crippen molar-refractivity contribution in [2.45, 2.75) is 37.6 Å². The highest BCUT2D eigenvalue weighted by Gasteiger charge is 2.20. The van der Waals surface area contributed by atoms with Crippen molar-refractivity contribution < 1.29 is 9.52 Å². The second-order valence-electron chi connectivity index (χ2n) is 5.78. The second-order valence-corrected chi connectivity index (χ2v) is 7.09. The minimum Gasteiger partial charge on any atom is -0.508 e. The number of phenolic OH excluding ortho intramolecular Hbond substituents is 1. The number of phenols is 1. The van der Waals surface area contributed by atoms with E-state index in [9.17, 15) is 5.11 Å². The Morgan fingerprint density at radius 2 is 1.88 bits per heavy atom. The van der Waals surface area contributed by atoms with Crippen LogP contribution in [-0.2, 0) is 6.42 Å². The highest BCUT2D eigenvalue weighted by Crippen LogP contribution is 2.33. The third kappa shape index (κ3) is 3.73. The monoisotopic (exact) mass is 346 g/mol. The molecule has 126 valence electrons. The van der Waals surface area contributed by atoms with Crippen LogP contribution in [0.1, 0.15) is 37.8 Å². The standard InChI is InChI=1S/C15H18N6O2S/c1-9(2)8-13-16-17-14(23-13)10(3)24-15-18-19-20-21(15)11-4-6-12(22)7-5-11/h4-7,9-10,22H,8H2,1-3H3/t10-/m1/s1. The Balaban J connectivity index is 1.75. The molecule has 24 heavy (non-hydrogen) atoms. The normalized spacial score (nSPS) is 12.7. The Labute approximate surface area is 143 Å². The van der Waals surface area contributed by atoms with Crippen LogP contribution in [0.5, 0.6) is 5.75 Å². The zero-order valence-corrected chi connectivity index (χ0v) is 14.4. The topological polar surface area (TPSA) is 103 Å². The van der Waals surface area contributed by atoms with Gasteiger partial charge in [-0.15, -0.1) is 15.3 Å². The van der Waals surface area contributed by atoms with E-state index in [0.717, 1.165) is 12.1 Å². The van der Waals surface area contributed by atoms with Crippen LogP contribution in [0.4, 0.5) is 0 Å². The van der Waals surface area contributed by atoms with Crippen LogP contribution in [0.2, 0.25) is 0 Å². The Morgan fingerprint density at radius 1 is 1.12 bits per heavy atom. The lowest BCUT2D eigenvalue weighted by Crippen LogP contribution is -2.00. The van der Waals surface area contributed by atoms with Crippen LogP contribution < -0.4 is 0 Å². The molecular weight excluding hydrogens is 328 g/mol. The average Bonchev–Trinajstić information content (AvgIpc) is 3.17. The van der Waals surface area contributed by atoms with Crippen molar-refractivity contribution in [3.05, 3.63) is 36.0 Å². The molecule has 0 saturated carbocycles. The van der Waals surface area contributed by atoms with Gasteiger partial charge in [-0.05, 0) is 47.5 Å². The van der Waals surface area contributed by atoms with E-state index in [-0.39, 0.29) is 11.0 Å². The predicted octanol–water partition coefficient (Wildman–Crippen LogP) is 2.80. The quantitative estimate of drug-likeness (QED) is 0.680. The maximum absolute atomic E-state index is 9.39. The van der Waals surface area contributed by atoms with Gasteiger partial charge in [-0.25, -0.2) is 0 Å². The number of nitrogens with zero attached hydrogens (tertiary/aromatic N) is 6. The molecule has 2 aromatic heterocycles. The number of rotatable bonds is 6. The number of aromatic hydroxyl groups is 1. The minimum atomic E-state index is -0.0831. The summed E-state index contributed by atoms with van der Waals surface area (Å²) >= 11 is 1.43. The van der Waals surface area contributed by atoms with E-state index < -0.39 is 0 Å². The van der Waals surface area contributed by atoms with Crippen molar-refractivity contribution in [3.8, 4) is 11.4 Å². The minimum absolute atomic E-state index is 0.0831. The number of tetrazole rings is 1. The Hall–Kier alpha value is -2.42. The van der Waals surface area contributed by atoms with Gasteiger partial charge in [0.15, 0.2) is 0 Å². The molecule has 1 N–H and O–H groups in total. The molecule has 0 aliphatic carbocycles. The molecule has 0 bridgehead atoms. The van der Waals surface area contributed by atoms with Gasteiger partial charge < -0.3 is 9.52 Å². The van der Waals surface area contributed by atoms with Crippen molar-refractivity contribution in [3.63, 3.8) is 0 Å². The summed E-state index contributed by atoms with van der Waals surface area (Å²) in [6, 6.07) is 6.66. The third-order valence-electron chi connectivity index (χ3n) is 3.23. The first-order valence-corrected chi connectivity index (χ1v) is 8.47. The van der Waals surface area contributed by atoms with E-state index in [0.29, 0.717) is 22.9 Å². The summed E-state index contributed by atoms with van der Waals surface area (Å²) in [4.78, 5) is 0. The van der Waals surface area contributed by atoms with Crippen molar-refractivity contribution in [2.24, 2.45) is 5.92 Å². The average molecular weight is 346 g/mol. The first kappa shape index (κ1) is 16.4. The van der Waals surface area contributed by atoms with Crippen molar-refractivity contribution in [2.75, 3.05) is 0 Å². The lowest BCUT2D eigenvalue weighted by atomic mass is 10.1. The van der Waals surface area contributed by atoms with E-state index >= 15 is 0 Å². The van der Waals surface area contributed by atoms with E-state index in [1.165, 1.54) is 11.8 Å². The Bertz CT molecular complexity index is 798. The number of benzene rings is 1. The van der Waals surface area contributed by atoms with Crippen LogP contribution in [0.25, 0.3) is 5.69 Å². The lowest BCUT2D eigenvalue weighted by Gasteiger charge is -2.07. The first-order chi connectivity index (χ1) is 11.5. The fourth-order valence-electron chi connectivity index (χ4n) is 2.08. The smallest absolute Gasteiger partial charge is 0.229 e. The Kier molecular flexibility index (Phi) is 4.79. The van der Waals surface area contributed by atoms with Crippen LogP contribution in [-0.4, -0.2) is 35.5 Å². The maximum Gasteiger partial charge on any atom is 0.229 e. The molecule has 9 heteroatoms. The number of hydrogen-bond acceptors (Lipinski definition) is 8. The molecule has 0 spiro atoms. The molecule has 0 aliphatic rings. The van der Waals surface area contributed by atoms with Crippen LogP contribution >= 0.6 is 11.8 Å². The fourth-order valence-corrected chi connectivity index (χ4v) is 2.92. The van der Waals surface area contributed by atoms with E-state index in [2.05, 4.69) is 39.6 Å². The molecule has 0 fully saturated rings. The molecule has 3 rings (SSSR count). The molecule has 0 aliphatic heterocycles. The van der Waals surface area contributed by atoms with Crippen molar-refractivity contribution in [1.82, 2.24) is 30.4 Å². The molecule has 8 nitrogen and oxygen atoms in total. The van der Waals surface area contributed by atoms with Crippen LogP contribution in [0.3, 0.4) is 0 Å². The number of aromatic nitrogens is 6. The highest BCUT2D eigenvalue weighted by atomic mass is 32.2. The van der Waals surface area contributed by atoms with Gasteiger partial charge in [-0.3, -0.25) is 0 Å². The molecule has 1 aromatic carbocycles. The number of thioether (sulfide) groups is 1. The molecule has 2 heterocycles. The van der Waals surface area contributed by atoms with Crippen LogP contribution in [0, 0.1) is 5.92 Å². The molecule has 0 amide bonds. The molecule has 3 aromatic rings. The molecule has 0 saturated heterocycles. The summed E-state index contributed by atoms with van der Waals surface area (Å²) in [7, 11) is 0. The molecule has 0 radical (unpaired) electrons. The SMILES string of the molecule is CC(C)Cc1nnc([C@@H](C)Sc2nnnn2-c2ccc(O)cc2)o1. The van der Waals surface area contributed by atoms with Gasteiger partial charge in [0.2, 0.25) is 16.9 Å². The van der Waals surface area contributed by atoms with E-state index in [1.54, 1.807) is 28.9 Å². The van der Waals surface area contributed by atoms with Gasteiger partial charge in [0.25, 0.3) is 0 Å². The van der Waals surface area contributed by atoms with Crippen LogP contribution in [0.15, 0.2) is 33.8 Å². The first-order valence-electron chi connectivity index (χ1n) is 7.59. The van der Waals surface area contributed by atoms with Gasteiger partial charge in [-0.1, -0.05) is 25.6 Å². The summed E-state index contributed by atoms with van der Waals surface area (Å²) in [5.74, 6) is 1.85. The number of hydrogen-bond donors (Lipinski definition) is 1. The molecule has 1 atom stereocenters. The van der Waals surface area contributed by atoms with Crippen molar-refractivity contribution >= 4 is 11.8 Å². The Morgan fingerprint density at radius 3 is 2.58 bits per heavy atom. The van der Waals surface area contributed by atoms with E-state index in [1.807, 2.05) is 6.92 Å². The zero-order valence-electron chi connectivity index (χ0n) is 13.6. The highest BCUT2D eigenvalue weighted by molar-refractivity contribution is 7.99. The van der Waals surface area contributed by atoms with Gasteiger partial charge in [-0.2, -0.15) is 4.68 Å². The van der Waals surface area contributed by atoms with Gasteiger partial charge >= 0.3 is 0 Å². The second kappa shape index (κ2) is 7.00. The van der Waals surface area contributed by atoms with Crippen molar-refractivity contribution in [1.29, 1.82) is 0 Å². The molecule has 0 unspecified atom stereocenters. The summed E-state index contributed by atoms with van der Waals surface area (Å²) in [5.41, 5.74) is 0.763. The maximum atomic E-state index is 9.39. The summed E-state index contributed by atoms with van der Waals surface area (Å²) in [6.07, 6.45) is 0.760. The van der Waals surface area contributed by atoms with Gasteiger partial charge in [0.05, 0.1) is 10.9 Å². The summed E-state index contributed by atoms with van der Waals surface area (Å²) < 4.78 is 7.32. The van der Waals surface area contributed by atoms with Gasteiger partial charge in [0.1, 0.15) is 5.75 Å². The molecular formula is C15H18N6O2S. The van der Waals surface area contributed by atoms with Gasteiger partial charge in [0, 0.05) is 6.42 Å². The summed E-state index contributed by atoms with van der Waals surface area (Å²) in [6.45, 7) is 6.18. The third-order valence-corrected chi connectivity index (χ3v) is 4.25. The lowest BCUT2D eigenvalue weighted by molar-refractivity contribution is 0.426. The summed E-state index contributed by atoms with van der Waals surface area (Å²) in [5, 5.41) is 29.9. The predicted molar refractivity (Wildman–Crippen MR) is 87.9 cm³/mol. The zero-order chi connectivity index (χ0) is 17.1. The fraction of sp³-hybridized carbons (Fsp3) is 0.400. The largest absolute Gasteiger partial charge is 0.508 e. The van der Waals surface area contributed by atoms with E-state index in [4.69, 9.17) is 4.42 Å².